The molecule has 2 aromatic rings. The number of rotatable bonds is 22. The molecular formula is C37H57N3O4. The number of nitrogens with zero attached hydrogens (tertiary/aromatic N) is 2. The highest BCUT2D eigenvalue weighted by molar-refractivity contribution is 6.05. The van der Waals surface area contributed by atoms with E-state index in [2.05, 4.69) is 35.8 Å². The van der Waals surface area contributed by atoms with E-state index in [-0.39, 0.29) is 11.5 Å². The first-order valence-electron chi connectivity index (χ1n) is 17.2. The molecule has 1 fully saturated rings. The van der Waals surface area contributed by atoms with Gasteiger partial charge in [0.25, 0.3) is 0 Å². The van der Waals surface area contributed by atoms with E-state index in [4.69, 9.17) is 15.2 Å². The van der Waals surface area contributed by atoms with E-state index in [0.717, 1.165) is 63.2 Å². The number of hydrogen-bond acceptors (Lipinski definition) is 7. The smallest absolute Gasteiger partial charge is 0.200 e. The Balaban J connectivity index is 1.56. The number of nitrogens with two attached hydrogens (primary N) is 1. The molecule has 1 aliphatic heterocycles. The van der Waals surface area contributed by atoms with Crippen LogP contribution in [0.5, 0.6) is 17.2 Å². The van der Waals surface area contributed by atoms with Crippen molar-refractivity contribution in [3.05, 3.63) is 54.2 Å². The Morgan fingerprint density at radius 2 is 1.23 bits per heavy atom. The quantitative estimate of drug-likeness (QED) is 0.0599. The minimum Gasteiger partial charge on any atom is -0.502 e. The summed E-state index contributed by atoms with van der Waals surface area (Å²) >= 11 is 0. The van der Waals surface area contributed by atoms with Gasteiger partial charge in [0.1, 0.15) is 0 Å². The van der Waals surface area contributed by atoms with Crippen molar-refractivity contribution >= 4 is 17.2 Å². The van der Waals surface area contributed by atoms with Crippen LogP contribution in [-0.4, -0.2) is 55.2 Å². The third kappa shape index (κ3) is 12.7. The number of unbranched alkanes of at least 4 members (excludes halogenated alkanes) is 12. The van der Waals surface area contributed by atoms with Gasteiger partial charge in [-0.3, -0.25) is 4.79 Å². The van der Waals surface area contributed by atoms with Crippen LogP contribution in [0.2, 0.25) is 0 Å². The number of carbonyl (C=O) groups is 1. The Morgan fingerprint density at radius 3 is 1.73 bits per heavy atom. The SMILES string of the molecule is CCCCCCCCCOc1cc(C(=O)C=CN2CCN(c3ccc(N)cc3)CC2)cc(OCCCCCCCCC)c1O. The van der Waals surface area contributed by atoms with Gasteiger partial charge in [-0.05, 0) is 49.2 Å². The number of phenols is 1. The number of hydrogen-bond donors (Lipinski definition) is 2. The van der Waals surface area contributed by atoms with Gasteiger partial charge in [-0.15, -0.1) is 0 Å². The Bertz CT molecular complexity index is 1070. The summed E-state index contributed by atoms with van der Waals surface area (Å²) < 4.78 is 12.0. The van der Waals surface area contributed by atoms with Gasteiger partial charge in [-0.1, -0.05) is 90.9 Å². The fourth-order valence-corrected chi connectivity index (χ4v) is 5.51. The fraction of sp³-hybridized carbons (Fsp3) is 0.595. The van der Waals surface area contributed by atoms with Crippen LogP contribution in [0.15, 0.2) is 48.7 Å². The molecule has 0 bridgehead atoms. The number of ketones is 1. The molecule has 0 atom stereocenters. The maximum atomic E-state index is 13.3. The van der Waals surface area contributed by atoms with Gasteiger partial charge < -0.3 is 30.1 Å². The highest BCUT2D eigenvalue weighted by Gasteiger charge is 2.18. The van der Waals surface area contributed by atoms with Crippen LogP contribution in [0.25, 0.3) is 0 Å². The molecule has 0 aromatic heterocycles. The molecular weight excluding hydrogens is 550 g/mol. The minimum atomic E-state index is -0.132. The first kappa shape index (κ1) is 35.1. The highest BCUT2D eigenvalue weighted by Crippen LogP contribution is 2.38. The molecule has 1 aliphatic rings. The molecule has 1 heterocycles. The lowest BCUT2D eigenvalue weighted by Gasteiger charge is -2.35. The van der Waals surface area contributed by atoms with Crippen molar-refractivity contribution in [2.75, 3.05) is 50.0 Å². The Morgan fingerprint density at radius 1 is 0.750 bits per heavy atom. The molecule has 244 valence electrons. The van der Waals surface area contributed by atoms with Crippen molar-refractivity contribution in [1.82, 2.24) is 4.90 Å². The Kier molecular flexibility index (Phi) is 16.4. The molecule has 2 aromatic carbocycles. The highest BCUT2D eigenvalue weighted by atomic mass is 16.5. The molecule has 0 amide bonds. The second-order valence-corrected chi connectivity index (χ2v) is 12.1. The number of aromatic hydroxyl groups is 1. The normalized spacial score (nSPS) is 13.5. The fourth-order valence-electron chi connectivity index (χ4n) is 5.51. The molecule has 0 aliphatic carbocycles. The minimum absolute atomic E-state index is 0.0183. The molecule has 0 spiro atoms. The van der Waals surface area contributed by atoms with Crippen LogP contribution in [0.4, 0.5) is 11.4 Å². The predicted octanol–water partition coefficient (Wildman–Crippen LogP) is 8.75. The molecule has 7 heteroatoms. The lowest BCUT2D eigenvalue weighted by molar-refractivity contribution is 0.104. The van der Waals surface area contributed by atoms with Crippen molar-refractivity contribution in [3.63, 3.8) is 0 Å². The largest absolute Gasteiger partial charge is 0.502 e. The average Bonchev–Trinajstić information content (AvgIpc) is 3.04. The molecule has 3 rings (SSSR count). The summed E-state index contributed by atoms with van der Waals surface area (Å²) in [6.45, 7) is 8.85. The second-order valence-electron chi connectivity index (χ2n) is 12.1. The summed E-state index contributed by atoms with van der Waals surface area (Å²) in [5, 5.41) is 11.0. The number of piperazine rings is 1. The number of ether oxygens (including phenoxy) is 2. The molecule has 7 nitrogen and oxygen atoms in total. The van der Waals surface area contributed by atoms with Crippen LogP contribution in [0.3, 0.4) is 0 Å². The zero-order chi connectivity index (χ0) is 31.4. The molecule has 1 saturated heterocycles. The van der Waals surface area contributed by atoms with E-state index >= 15 is 0 Å². The summed E-state index contributed by atoms with van der Waals surface area (Å²) in [7, 11) is 0. The third-order valence-corrected chi connectivity index (χ3v) is 8.34. The summed E-state index contributed by atoms with van der Waals surface area (Å²) in [4.78, 5) is 17.8. The Hall–Kier alpha value is -3.35. The van der Waals surface area contributed by atoms with Crippen LogP contribution in [-0.2, 0) is 0 Å². The number of carbonyl (C=O) groups excluding carboxylic acids is 1. The van der Waals surface area contributed by atoms with Crippen molar-refractivity contribution in [1.29, 1.82) is 0 Å². The van der Waals surface area contributed by atoms with Gasteiger partial charge in [0, 0.05) is 55.4 Å². The van der Waals surface area contributed by atoms with Crippen LogP contribution in [0, 0.1) is 0 Å². The monoisotopic (exact) mass is 607 g/mol. The maximum Gasteiger partial charge on any atom is 0.200 e. The number of phenolic OH excluding ortho intramolecular Hbond substituents is 1. The summed E-state index contributed by atoms with van der Waals surface area (Å²) in [5.74, 6) is 0.492. The van der Waals surface area contributed by atoms with Gasteiger partial charge in [-0.2, -0.15) is 0 Å². The summed E-state index contributed by atoms with van der Waals surface area (Å²) in [6, 6.07) is 11.3. The standard InChI is InChI=1S/C37H57N3O4/c1-3-5-7-9-11-13-15-27-43-35-29-31(30-36(37(35)42)44-28-16-14-12-10-8-6-4-2)34(41)21-22-39-23-25-40(26-24-39)33-19-17-32(38)18-20-33/h17-22,29-30,42H,3-16,23-28,38H2,1-2H3. The topological polar surface area (TPSA) is 88.3 Å². The van der Waals surface area contributed by atoms with Gasteiger partial charge >= 0.3 is 0 Å². The predicted molar refractivity (Wildman–Crippen MR) is 183 cm³/mol. The van der Waals surface area contributed by atoms with Crippen molar-refractivity contribution < 1.29 is 19.4 Å². The molecule has 3 N–H and O–H groups in total. The molecule has 0 unspecified atom stereocenters. The first-order chi connectivity index (χ1) is 21.5. The van der Waals surface area contributed by atoms with Gasteiger partial charge in [0.2, 0.25) is 5.75 Å². The van der Waals surface area contributed by atoms with Crippen LogP contribution >= 0.6 is 0 Å². The van der Waals surface area contributed by atoms with E-state index in [1.165, 1.54) is 64.2 Å². The molecule has 44 heavy (non-hydrogen) atoms. The Labute approximate surface area is 266 Å². The van der Waals surface area contributed by atoms with E-state index in [1.54, 1.807) is 18.2 Å². The van der Waals surface area contributed by atoms with E-state index < -0.39 is 0 Å². The lowest BCUT2D eigenvalue weighted by atomic mass is 10.1. The number of benzene rings is 2. The summed E-state index contributed by atoms with van der Waals surface area (Å²) in [6.07, 6.45) is 20.1. The van der Waals surface area contributed by atoms with Crippen molar-refractivity contribution in [2.24, 2.45) is 0 Å². The molecule has 0 saturated carbocycles. The zero-order valence-electron chi connectivity index (χ0n) is 27.4. The summed E-state index contributed by atoms with van der Waals surface area (Å²) in [5.41, 5.74) is 8.22. The van der Waals surface area contributed by atoms with E-state index in [0.29, 0.717) is 30.3 Å². The van der Waals surface area contributed by atoms with E-state index in [9.17, 15) is 9.90 Å². The van der Waals surface area contributed by atoms with Crippen LogP contribution in [0.1, 0.15) is 114 Å². The molecule has 0 radical (unpaired) electrons. The second kappa shape index (κ2) is 20.6. The number of anilines is 2. The third-order valence-electron chi connectivity index (χ3n) is 8.34. The maximum absolute atomic E-state index is 13.3. The van der Waals surface area contributed by atoms with Crippen molar-refractivity contribution in [2.45, 2.75) is 104 Å². The van der Waals surface area contributed by atoms with Crippen LogP contribution < -0.4 is 20.1 Å². The van der Waals surface area contributed by atoms with Gasteiger partial charge in [-0.25, -0.2) is 0 Å². The van der Waals surface area contributed by atoms with Gasteiger partial charge in [0.15, 0.2) is 17.3 Å². The van der Waals surface area contributed by atoms with Gasteiger partial charge in [0.05, 0.1) is 13.2 Å². The number of nitrogen functional groups attached to an aromatic ring is 1. The average molecular weight is 608 g/mol. The lowest BCUT2D eigenvalue weighted by Crippen LogP contribution is -2.44. The van der Waals surface area contributed by atoms with Crippen molar-refractivity contribution in [3.8, 4) is 17.2 Å². The number of allylic oxidation sites excluding steroid dienone is 1. The first-order valence-corrected chi connectivity index (χ1v) is 17.2. The zero-order valence-corrected chi connectivity index (χ0v) is 27.4. The van der Waals surface area contributed by atoms with E-state index in [1.807, 2.05) is 18.3 Å².